The van der Waals surface area contributed by atoms with Gasteiger partial charge in [-0.1, -0.05) is 146 Å². The molecule has 0 radical (unpaired) electrons. The first-order chi connectivity index (χ1) is 30.9. The molecule has 2 heterocycles. The smallest absolute Gasteiger partial charge is 0.124 e. The van der Waals surface area contributed by atoms with Gasteiger partial charge in [-0.05, 0) is 115 Å². The summed E-state index contributed by atoms with van der Waals surface area (Å²) in [4.78, 5) is 6.96. The van der Waals surface area contributed by atoms with Gasteiger partial charge in [-0.3, -0.25) is 0 Å². The number of nitrogens with zero attached hydrogens (tertiary/aromatic N) is 2. The van der Waals surface area contributed by atoms with E-state index in [9.17, 15) is 5.48 Å². The molecule has 10 aromatic carbocycles. The van der Waals surface area contributed by atoms with Crippen LogP contribution >= 0.6 is 22.7 Å². The van der Waals surface area contributed by atoms with Gasteiger partial charge in [0.25, 0.3) is 0 Å². The highest BCUT2D eigenvalue weighted by atomic mass is 32.1. The van der Waals surface area contributed by atoms with Gasteiger partial charge in [-0.15, -0.1) is 22.7 Å². The molecular formula is C55H34N2S2. The summed E-state index contributed by atoms with van der Waals surface area (Å²) in [6, 6.07) is 61.5. The van der Waals surface area contributed by atoms with E-state index < -0.39 is 0 Å². The molecule has 0 aliphatic heterocycles. The fraction of sp³-hybridized carbons (Fsp3) is 0. The molecular weight excluding hydrogens is 753 g/mol. The Kier molecular flexibility index (Phi) is 7.01. The van der Waals surface area contributed by atoms with Crippen LogP contribution in [0.25, 0.3) is 95.5 Å². The maximum absolute atomic E-state index is 9.91. The molecule has 12 rings (SSSR count). The van der Waals surface area contributed by atoms with Crippen molar-refractivity contribution in [2.45, 2.75) is 0 Å². The molecule has 2 nitrogen and oxygen atoms in total. The summed E-state index contributed by atoms with van der Waals surface area (Å²) >= 11 is 3.36. The quantitative estimate of drug-likeness (QED) is 0.156. The predicted molar refractivity (Wildman–Crippen MR) is 256 cm³/mol. The Morgan fingerprint density at radius 2 is 1.07 bits per heavy atom. The number of thiazole rings is 1. The maximum atomic E-state index is 9.91. The van der Waals surface area contributed by atoms with Crippen molar-refractivity contribution in [3.05, 3.63) is 206 Å². The van der Waals surface area contributed by atoms with E-state index in [2.05, 4.69) is 91.0 Å². The third-order valence-corrected chi connectivity index (χ3v) is 13.6. The Hall–Kier alpha value is -7.11. The molecule has 0 amide bonds. The summed E-state index contributed by atoms with van der Waals surface area (Å²) in [7, 11) is 0. The summed E-state index contributed by atoms with van der Waals surface area (Å²) < 4.78 is 42.6. The lowest BCUT2D eigenvalue weighted by Gasteiger charge is -2.27. The third-order valence-electron chi connectivity index (χ3n) is 11.3. The zero-order valence-electron chi connectivity index (χ0n) is 35.5. The van der Waals surface area contributed by atoms with Crippen molar-refractivity contribution in [2.75, 3.05) is 4.90 Å². The van der Waals surface area contributed by atoms with Crippen LogP contribution in [0.3, 0.4) is 0 Å². The molecule has 0 fully saturated rings. The van der Waals surface area contributed by atoms with Gasteiger partial charge < -0.3 is 4.90 Å². The zero-order valence-corrected chi connectivity index (χ0v) is 33.2. The van der Waals surface area contributed by atoms with Gasteiger partial charge in [0.1, 0.15) is 5.01 Å². The van der Waals surface area contributed by atoms with Crippen LogP contribution in [0.15, 0.2) is 206 Å². The van der Waals surface area contributed by atoms with Crippen LogP contribution in [-0.2, 0) is 0 Å². The molecule has 276 valence electrons. The van der Waals surface area contributed by atoms with Crippen LogP contribution in [0, 0.1) is 0 Å². The van der Waals surface area contributed by atoms with E-state index in [1.165, 1.54) is 0 Å². The molecule has 0 atom stereocenters. The first-order valence-electron chi connectivity index (χ1n) is 21.6. The number of hydrogen-bond acceptors (Lipinski definition) is 4. The Morgan fingerprint density at radius 3 is 1.86 bits per heavy atom. The number of thiophene rings is 1. The third kappa shape index (κ3) is 5.72. The molecule has 0 bridgehead atoms. The SMILES string of the molecule is [2H]c1c([2H])c(N(c2ccc(-c3ccccc3)cc2)c2cc3ccccc3c3c2sc2ccc(-c4nc5ccccc5s4)cc23)c([2H])c([2H])c1-c1cc2ccccc2c2ccccc12. The van der Waals surface area contributed by atoms with E-state index in [4.69, 9.17) is 4.98 Å². The Balaban J connectivity index is 1.13. The van der Waals surface area contributed by atoms with Crippen molar-refractivity contribution >= 4 is 102 Å². The minimum Gasteiger partial charge on any atom is -0.309 e. The summed E-state index contributed by atoms with van der Waals surface area (Å²) in [6.45, 7) is 0. The van der Waals surface area contributed by atoms with Crippen molar-refractivity contribution in [1.29, 1.82) is 0 Å². The fourth-order valence-corrected chi connectivity index (χ4v) is 10.7. The molecule has 0 saturated heterocycles. The second-order valence-electron chi connectivity index (χ2n) is 14.8. The van der Waals surface area contributed by atoms with Crippen LogP contribution in [0.5, 0.6) is 0 Å². The van der Waals surface area contributed by atoms with Crippen molar-refractivity contribution in [3.63, 3.8) is 0 Å². The van der Waals surface area contributed by atoms with E-state index in [1.807, 2.05) is 95.9 Å². The van der Waals surface area contributed by atoms with Gasteiger partial charge in [-0.25, -0.2) is 4.98 Å². The minimum atomic E-state index is -0.115. The molecule has 0 spiro atoms. The Morgan fingerprint density at radius 1 is 0.424 bits per heavy atom. The van der Waals surface area contributed by atoms with Gasteiger partial charge in [-0.2, -0.15) is 0 Å². The number of rotatable bonds is 6. The lowest BCUT2D eigenvalue weighted by Crippen LogP contribution is -2.10. The largest absolute Gasteiger partial charge is 0.309 e. The minimum absolute atomic E-state index is 0.0915. The maximum Gasteiger partial charge on any atom is 0.124 e. The monoisotopic (exact) mass is 790 g/mol. The highest BCUT2D eigenvalue weighted by Gasteiger charge is 2.22. The average Bonchev–Trinajstić information content (AvgIpc) is 3.95. The van der Waals surface area contributed by atoms with E-state index >= 15 is 0 Å². The lowest BCUT2D eigenvalue weighted by molar-refractivity contribution is 1.30. The van der Waals surface area contributed by atoms with Gasteiger partial charge in [0.15, 0.2) is 0 Å². The Bertz CT molecular complexity index is 3740. The van der Waals surface area contributed by atoms with E-state index in [-0.39, 0.29) is 35.4 Å². The van der Waals surface area contributed by atoms with Crippen LogP contribution in [-0.4, -0.2) is 4.98 Å². The fourth-order valence-electron chi connectivity index (χ4n) is 8.54. The number of aromatic nitrogens is 1. The van der Waals surface area contributed by atoms with Crippen LogP contribution < -0.4 is 4.90 Å². The second-order valence-corrected chi connectivity index (χ2v) is 16.9. The second kappa shape index (κ2) is 13.8. The molecule has 0 saturated carbocycles. The topological polar surface area (TPSA) is 16.1 Å². The lowest BCUT2D eigenvalue weighted by atomic mass is 9.93. The van der Waals surface area contributed by atoms with Crippen LogP contribution in [0.4, 0.5) is 17.1 Å². The normalized spacial score (nSPS) is 12.7. The standard InChI is InChI=1S/C55H34N2S2/c1-2-12-35(13-3-1)36-22-27-41(28-23-36)57(42-29-24-37(25-30-42)47-32-38-14-4-6-16-43(38)45-18-8-9-19-46(45)47)50-34-39-15-5-7-17-44(39)53-48-33-40(26-31-51(48)58-54(50)53)55-56-49-20-10-11-21-52(49)59-55/h1-34H/i24D,25D,29D,30D. The number of para-hydroxylation sites is 1. The van der Waals surface area contributed by atoms with Gasteiger partial charge >= 0.3 is 0 Å². The van der Waals surface area contributed by atoms with Crippen molar-refractivity contribution in [1.82, 2.24) is 4.98 Å². The highest BCUT2D eigenvalue weighted by Crippen LogP contribution is 2.49. The molecule has 0 N–H and O–H groups in total. The number of anilines is 3. The van der Waals surface area contributed by atoms with Gasteiger partial charge in [0.05, 0.1) is 26.1 Å². The molecule has 0 unspecified atom stereocenters. The molecule has 0 aliphatic carbocycles. The highest BCUT2D eigenvalue weighted by molar-refractivity contribution is 7.26. The number of hydrogen-bond donors (Lipinski definition) is 0. The van der Waals surface area contributed by atoms with Crippen LogP contribution in [0.1, 0.15) is 5.48 Å². The predicted octanol–water partition coefficient (Wildman–Crippen LogP) is 16.6. The van der Waals surface area contributed by atoms with Gasteiger partial charge in [0, 0.05) is 32.4 Å². The summed E-state index contributed by atoms with van der Waals surface area (Å²) in [5.74, 6) is 0. The first kappa shape index (κ1) is 30.0. The summed E-state index contributed by atoms with van der Waals surface area (Å²) in [5, 5.41) is 9.17. The summed E-state index contributed by atoms with van der Waals surface area (Å²) in [5.41, 5.74) is 6.79. The molecule has 4 heteroatoms. The number of fused-ring (bicyclic) bond motifs is 9. The summed E-state index contributed by atoms with van der Waals surface area (Å²) in [6.07, 6.45) is 0. The number of benzene rings is 10. The van der Waals surface area contributed by atoms with E-state index in [1.54, 1.807) is 22.7 Å². The molecule has 0 aliphatic rings. The van der Waals surface area contributed by atoms with Crippen molar-refractivity contribution in [3.8, 4) is 32.8 Å². The van der Waals surface area contributed by atoms with E-state index in [0.29, 0.717) is 5.56 Å². The van der Waals surface area contributed by atoms with Gasteiger partial charge in [0.2, 0.25) is 0 Å². The average molecular weight is 791 g/mol. The molecule has 12 aromatic rings. The van der Waals surface area contributed by atoms with Crippen molar-refractivity contribution < 1.29 is 5.48 Å². The van der Waals surface area contributed by atoms with Crippen LogP contribution in [0.2, 0.25) is 0 Å². The first-order valence-corrected chi connectivity index (χ1v) is 21.3. The zero-order chi connectivity index (χ0) is 42.3. The molecule has 59 heavy (non-hydrogen) atoms. The Labute approximate surface area is 355 Å². The molecule has 2 aromatic heterocycles. The van der Waals surface area contributed by atoms with E-state index in [0.717, 1.165) is 95.8 Å². The van der Waals surface area contributed by atoms with Crippen molar-refractivity contribution in [2.24, 2.45) is 0 Å².